The fraction of sp³-hybridized carbons (Fsp3) is 0.800. The molecule has 3 unspecified atom stereocenters. The molecule has 0 heterocycles. The topological polar surface area (TPSA) is 26.3 Å². The van der Waals surface area contributed by atoms with E-state index < -0.39 is 0 Å². The number of rotatable bonds is 3. The Labute approximate surface area is 105 Å². The summed E-state index contributed by atoms with van der Waals surface area (Å²) < 4.78 is 4.44. The van der Waals surface area contributed by atoms with Gasteiger partial charge < -0.3 is 4.52 Å². The second-order valence-corrected chi connectivity index (χ2v) is 5.46. The van der Waals surface area contributed by atoms with Gasteiger partial charge in [0.15, 0.2) is 0 Å². The first-order valence-corrected chi connectivity index (χ1v) is 4.62. The van der Waals surface area contributed by atoms with Gasteiger partial charge in [-0.3, -0.25) is 4.79 Å². The Kier molecular flexibility index (Phi) is 10.5. The molecule has 0 fully saturated rings. The molecular weight excluding hydrogens is 225 g/mol. The molecule has 11 heavy (non-hydrogen) atoms. The molecule has 6 heteroatoms. The van der Waals surface area contributed by atoms with E-state index in [0.29, 0.717) is 6.42 Å². The van der Waals surface area contributed by atoms with Crippen LogP contribution in [-0.2, 0) is 9.32 Å². The van der Waals surface area contributed by atoms with Crippen LogP contribution in [0.25, 0.3) is 0 Å². The van der Waals surface area contributed by atoms with Crippen molar-refractivity contribution in [3.8, 4) is 0 Å². The van der Waals surface area contributed by atoms with Crippen molar-refractivity contribution < 1.29 is 9.32 Å². The van der Waals surface area contributed by atoms with Crippen molar-refractivity contribution >= 4 is 71.7 Å². The summed E-state index contributed by atoms with van der Waals surface area (Å²) >= 11 is 0. The predicted octanol–water partition coefficient (Wildman–Crippen LogP) is 0.650. The van der Waals surface area contributed by atoms with Crippen molar-refractivity contribution in [3.63, 3.8) is 0 Å². The standard InChI is InChI=1S/C5H13O2P3.Ca.2H/c1-2-5(8,9)3-4(6)7-10;;;/h2-3,8-10H2,1H3;;;. The Morgan fingerprint density at radius 2 is 2.00 bits per heavy atom. The second-order valence-electron chi connectivity index (χ2n) is 2.25. The molecule has 0 spiro atoms. The van der Waals surface area contributed by atoms with Gasteiger partial charge in [-0.15, -0.1) is 18.5 Å². The van der Waals surface area contributed by atoms with Crippen molar-refractivity contribution in [2.75, 3.05) is 0 Å². The Bertz CT molecular complexity index is 129. The fourth-order valence-electron chi connectivity index (χ4n) is 0.435. The van der Waals surface area contributed by atoms with Crippen LogP contribution >= 0.6 is 27.9 Å². The number of carbonyl (C=O) groups is 1. The van der Waals surface area contributed by atoms with E-state index in [4.69, 9.17) is 0 Å². The first-order valence-electron chi connectivity index (χ1n) is 2.99. The molecular formula is C5H15CaO2P3. The first kappa shape index (κ1) is 15.5. The van der Waals surface area contributed by atoms with E-state index in [2.05, 4.69) is 23.0 Å². The zero-order chi connectivity index (χ0) is 8.20. The van der Waals surface area contributed by atoms with Crippen LogP contribution in [-0.4, -0.2) is 48.6 Å². The first-order chi connectivity index (χ1) is 4.52. The van der Waals surface area contributed by atoms with Gasteiger partial charge in [0.2, 0.25) is 0 Å². The van der Waals surface area contributed by atoms with Crippen molar-refractivity contribution in [1.82, 2.24) is 0 Å². The summed E-state index contributed by atoms with van der Waals surface area (Å²) in [6.45, 7) is 2.02. The third-order valence-electron chi connectivity index (χ3n) is 1.26. The maximum absolute atomic E-state index is 10.7. The van der Waals surface area contributed by atoms with Gasteiger partial charge in [0.25, 0.3) is 0 Å². The molecule has 0 bridgehead atoms. The molecule has 0 saturated heterocycles. The van der Waals surface area contributed by atoms with Gasteiger partial charge in [-0.25, -0.2) is 0 Å². The Morgan fingerprint density at radius 3 is 2.27 bits per heavy atom. The van der Waals surface area contributed by atoms with E-state index in [-0.39, 0.29) is 48.6 Å². The predicted molar refractivity (Wildman–Crippen MR) is 61.4 cm³/mol. The quantitative estimate of drug-likeness (QED) is 0.535. The van der Waals surface area contributed by atoms with E-state index >= 15 is 0 Å². The average molecular weight is 240 g/mol. The number of carbonyl (C=O) groups excluding carboxylic acids is 1. The molecule has 0 N–H and O–H groups in total. The molecule has 0 saturated carbocycles. The molecule has 64 valence electrons. The van der Waals surface area contributed by atoms with E-state index in [1.165, 1.54) is 0 Å². The van der Waals surface area contributed by atoms with Crippen LogP contribution in [0.5, 0.6) is 0 Å². The third-order valence-corrected chi connectivity index (χ3v) is 2.75. The molecule has 0 amide bonds. The van der Waals surface area contributed by atoms with Crippen molar-refractivity contribution in [1.29, 1.82) is 0 Å². The van der Waals surface area contributed by atoms with Crippen LogP contribution in [0.4, 0.5) is 0 Å². The summed E-state index contributed by atoms with van der Waals surface area (Å²) in [7, 11) is 7.19. The number of hydrogen-bond acceptors (Lipinski definition) is 2. The summed E-state index contributed by atoms with van der Waals surface area (Å²) in [4.78, 5) is 10.6. The zero-order valence-corrected chi connectivity index (χ0v) is 9.43. The summed E-state index contributed by atoms with van der Waals surface area (Å²) in [6.07, 6.45) is 1.34. The second kappa shape index (κ2) is 7.43. The van der Waals surface area contributed by atoms with Gasteiger partial charge in [0.05, 0.1) is 15.9 Å². The van der Waals surface area contributed by atoms with Crippen LogP contribution < -0.4 is 0 Å². The minimum absolute atomic E-state index is 0. The fourth-order valence-corrected chi connectivity index (χ4v) is 0.852. The monoisotopic (exact) mass is 240 g/mol. The van der Waals surface area contributed by atoms with Crippen molar-refractivity contribution in [2.45, 2.75) is 24.7 Å². The van der Waals surface area contributed by atoms with Gasteiger partial charge in [-0.05, 0) is 6.42 Å². The molecule has 0 aliphatic carbocycles. The molecule has 0 aromatic rings. The molecule has 2 nitrogen and oxygen atoms in total. The molecule has 0 aliphatic heterocycles. The molecule has 0 aromatic heterocycles. The summed E-state index contributed by atoms with van der Waals surface area (Å²) in [5.41, 5.74) is 0. The van der Waals surface area contributed by atoms with Crippen LogP contribution in [0.2, 0.25) is 0 Å². The molecule has 0 radical (unpaired) electrons. The summed E-state index contributed by atoms with van der Waals surface area (Å²) in [6, 6.07) is 0. The van der Waals surface area contributed by atoms with E-state index in [1.54, 1.807) is 0 Å². The van der Waals surface area contributed by atoms with Gasteiger partial charge >= 0.3 is 43.7 Å². The van der Waals surface area contributed by atoms with E-state index in [9.17, 15) is 4.79 Å². The maximum atomic E-state index is 10.7. The minimum atomic E-state index is -0.197. The van der Waals surface area contributed by atoms with Crippen LogP contribution in [0.15, 0.2) is 0 Å². The molecule has 0 aliphatic rings. The molecule has 0 aromatic carbocycles. The van der Waals surface area contributed by atoms with Crippen molar-refractivity contribution in [3.05, 3.63) is 0 Å². The normalized spacial score (nSPS) is 10.2. The SMILES string of the molecule is CCC(P)(P)CC(=O)OP.[CaH2]. The Balaban J connectivity index is 0. The van der Waals surface area contributed by atoms with Gasteiger partial charge in [0.1, 0.15) is 0 Å². The summed E-state index contributed by atoms with van der Waals surface area (Å²) in [5, 5.41) is 0. The zero-order valence-electron chi connectivity index (χ0n) is 5.96. The molecule has 0 rings (SSSR count). The van der Waals surface area contributed by atoms with Gasteiger partial charge in [0, 0.05) is 4.90 Å². The Hall–Kier alpha value is 2.02. The third kappa shape index (κ3) is 8.35. The van der Waals surface area contributed by atoms with Gasteiger partial charge in [-0.1, -0.05) is 6.92 Å². The van der Waals surface area contributed by atoms with Crippen molar-refractivity contribution in [2.24, 2.45) is 0 Å². The average Bonchev–Trinajstić information content (AvgIpc) is 1.87. The van der Waals surface area contributed by atoms with Crippen LogP contribution in [0, 0.1) is 0 Å². The number of hydrogen-bond donors (Lipinski definition) is 0. The molecule has 3 atom stereocenters. The van der Waals surface area contributed by atoms with Gasteiger partial charge in [-0.2, -0.15) is 0 Å². The van der Waals surface area contributed by atoms with E-state index in [0.717, 1.165) is 6.42 Å². The Morgan fingerprint density at radius 1 is 1.55 bits per heavy atom. The van der Waals surface area contributed by atoms with E-state index in [1.807, 2.05) is 16.4 Å². The van der Waals surface area contributed by atoms with Crippen LogP contribution in [0.3, 0.4) is 0 Å². The van der Waals surface area contributed by atoms with Crippen LogP contribution in [0.1, 0.15) is 19.8 Å². The summed E-state index contributed by atoms with van der Waals surface area (Å²) in [5.74, 6) is -0.197.